The van der Waals surface area contributed by atoms with Gasteiger partial charge < -0.3 is 11.1 Å². The molecule has 1 unspecified atom stereocenters. The van der Waals surface area contributed by atoms with Crippen LogP contribution in [0.4, 0.5) is 0 Å². The Bertz CT molecular complexity index is 322. The summed E-state index contributed by atoms with van der Waals surface area (Å²) in [5, 5.41) is 5.17. The summed E-state index contributed by atoms with van der Waals surface area (Å²) in [4.78, 5) is 12.0. The summed E-state index contributed by atoms with van der Waals surface area (Å²) in [7, 11) is 0. The Hall–Kier alpha value is -0.870. The molecule has 0 aliphatic heterocycles. The highest BCUT2D eigenvalue weighted by Crippen LogP contribution is 2.14. The number of hydrogen-bond acceptors (Lipinski definition) is 3. The zero-order valence-corrected chi connectivity index (χ0v) is 10.1. The van der Waals surface area contributed by atoms with Crippen molar-refractivity contribution in [2.24, 2.45) is 11.7 Å². The first-order valence-electron chi connectivity index (χ1n) is 5.21. The number of hydrogen-bond donors (Lipinski definition) is 2. The van der Waals surface area contributed by atoms with Crippen LogP contribution in [0.1, 0.15) is 35.5 Å². The van der Waals surface area contributed by atoms with E-state index in [4.69, 9.17) is 5.73 Å². The molecule has 1 heterocycles. The molecule has 1 atom stereocenters. The molecule has 84 valence electrons. The van der Waals surface area contributed by atoms with E-state index >= 15 is 0 Å². The van der Waals surface area contributed by atoms with E-state index in [2.05, 4.69) is 19.2 Å². The number of carbonyl (C=O) groups is 1. The fourth-order valence-electron chi connectivity index (χ4n) is 1.19. The van der Waals surface area contributed by atoms with Crippen molar-refractivity contribution in [2.75, 3.05) is 6.54 Å². The average molecular weight is 226 g/mol. The molecule has 0 fully saturated rings. The van der Waals surface area contributed by atoms with Crippen LogP contribution < -0.4 is 11.1 Å². The Kier molecular flexibility index (Phi) is 4.78. The fourth-order valence-corrected chi connectivity index (χ4v) is 2.03. The van der Waals surface area contributed by atoms with Gasteiger partial charge in [0.15, 0.2) is 0 Å². The molecule has 0 aliphatic carbocycles. The number of rotatable bonds is 6. The molecule has 0 radical (unpaired) electrons. The number of amides is 1. The van der Waals surface area contributed by atoms with Gasteiger partial charge in [0.05, 0.1) is 5.56 Å². The predicted molar refractivity (Wildman–Crippen MR) is 64.0 cm³/mol. The second kappa shape index (κ2) is 5.88. The maximum Gasteiger partial charge on any atom is 0.249 e. The standard InChI is InChI=1S/C11H18N2OS/c1-3-8(2)5-13-6-10-4-9(7-15-10)11(12)14/h4,7-8,13H,3,5-6H2,1-2H3,(H2,12,14). The quantitative estimate of drug-likeness (QED) is 0.779. The monoisotopic (exact) mass is 226 g/mol. The molecule has 1 aromatic heterocycles. The Morgan fingerprint density at radius 2 is 2.40 bits per heavy atom. The van der Waals surface area contributed by atoms with Crippen LogP contribution in [-0.2, 0) is 6.54 Å². The molecule has 0 spiro atoms. The topological polar surface area (TPSA) is 55.1 Å². The highest BCUT2D eigenvalue weighted by Gasteiger charge is 2.04. The van der Waals surface area contributed by atoms with E-state index in [1.165, 1.54) is 6.42 Å². The van der Waals surface area contributed by atoms with E-state index in [1.807, 2.05) is 11.4 Å². The molecule has 1 amide bonds. The molecule has 0 saturated heterocycles. The minimum absolute atomic E-state index is 0.348. The molecule has 1 aromatic rings. The molecule has 4 heteroatoms. The SMILES string of the molecule is CCC(C)CNCc1cc(C(N)=O)cs1. The van der Waals surface area contributed by atoms with Gasteiger partial charge in [0.1, 0.15) is 0 Å². The van der Waals surface area contributed by atoms with Crippen molar-refractivity contribution in [3.05, 3.63) is 21.9 Å². The molecular weight excluding hydrogens is 208 g/mol. The zero-order valence-electron chi connectivity index (χ0n) is 9.25. The van der Waals surface area contributed by atoms with Crippen molar-refractivity contribution in [1.29, 1.82) is 0 Å². The number of nitrogens with two attached hydrogens (primary N) is 1. The summed E-state index contributed by atoms with van der Waals surface area (Å²) in [6.07, 6.45) is 1.18. The summed E-state index contributed by atoms with van der Waals surface area (Å²) in [6.45, 7) is 6.24. The number of primary amides is 1. The van der Waals surface area contributed by atoms with E-state index < -0.39 is 0 Å². The van der Waals surface area contributed by atoms with Crippen LogP contribution >= 0.6 is 11.3 Å². The van der Waals surface area contributed by atoms with Crippen molar-refractivity contribution in [1.82, 2.24) is 5.32 Å². The third-order valence-corrected chi connectivity index (χ3v) is 3.36. The van der Waals surface area contributed by atoms with Gasteiger partial charge in [-0.05, 0) is 18.5 Å². The molecule has 3 N–H and O–H groups in total. The van der Waals surface area contributed by atoms with Crippen molar-refractivity contribution >= 4 is 17.2 Å². The van der Waals surface area contributed by atoms with Crippen LogP contribution in [0.5, 0.6) is 0 Å². The largest absolute Gasteiger partial charge is 0.366 e. The maximum atomic E-state index is 10.9. The zero-order chi connectivity index (χ0) is 11.3. The highest BCUT2D eigenvalue weighted by molar-refractivity contribution is 7.10. The van der Waals surface area contributed by atoms with Crippen LogP contribution in [0.15, 0.2) is 11.4 Å². The second-order valence-corrected chi connectivity index (χ2v) is 4.81. The fraction of sp³-hybridized carbons (Fsp3) is 0.545. The normalized spacial score (nSPS) is 12.7. The van der Waals surface area contributed by atoms with Gasteiger partial charge in [-0.15, -0.1) is 11.3 Å². The first-order valence-corrected chi connectivity index (χ1v) is 6.09. The molecule has 0 aromatic carbocycles. The molecular formula is C11H18N2OS. The van der Waals surface area contributed by atoms with E-state index in [0.717, 1.165) is 18.0 Å². The first-order chi connectivity index (χ1) is 7.13. The third-order valence-electron chi connectivity index (χ3n) is 2.43. The number of carbonyl (C=O) groups excluding carboxylic acids is 1. The van der Waals surface area contributed by atoms with Crippen LogP contribution in [0.25, 0.3) is 0 Å². The van der Waals surface area contributed by atoms with Gasteiger partial charge >= 0.3 is 0 Å². The Morgan fingerprint density at radius 1 is 1.67 bits per heavy atom. The van der Waals surface area contributed by atoms with Crippen LogP contribution in [0.3, 0.4) is 0 Å². The smallest absolute Gasteiger partial charge is 0.249 e. The minimum Gasteiger partial charge on any atom is -0.366 e. The summed E-state index contributed by atoms with van der Waals surface area (Å²) in [6, 6.07) is 1.86. The van der Waals surface area contributed by atoms with Crippen molar-refractivity contribution in [3.8, 4) is 0 Å². The summed E-state index contributed by atoms with van der Waals surface area (Å²) < 4.78 is 0. The van der Waals surface area contributed by atoms with Gasteiger partial charge in [0.25, 0.3) is 0 Å². The molecule has 1 rings (SSSR count). The number of nitrogens with one attached hydrogen (secondary N) is 1. The number of thiophene rings is 1. The molecule has 3 nitrogen and oxygen atoms in total. The summed E-state index contributed by atoms with van der Waals surface area (Å²) >= 11 is 1.57. The lowest BCUT2D eigenvalue weighted by Gasteiger charge is -2.08. The van der Waals surface area contributed by atoms with Gasteiger partial charge in [-0.3, -0.25) is 4.79 Å². The minimum atomic E-state index is -0.348. The van der Waals surface area contributed by atoms with Gasteiger partial charge in [-0.2, -0.15) is 0 Å². The van der Waals surface area contributed by atoms with Crippen molar-refractivity contribution in [2.45, 2.75) is 26.8 Å². The lowest BCUT2D eigenvalue weighted by molar-refractivity contribution is 0.100. The second-order valence-electron chi connectivity index (χ2n) is 3.81. The molecule has 0 bridgehead atoms. The van der Waals surface area contributed by atoms with Gasteiger partial charge in [0, 0.05) is 16.8 Å². The van der Waals surface area contributed by atoms with E-state index in [-0.39, 0.29) is 5.91 Å². The maximum absolute atomic E-state index is 10.9. The van der Waals surface area contributed by atoms with Crippen LogP contribution in [-0.4, -0.2) is 12.5 Å². The van der Waals surface area contributed by atoms with E-state index in [0.29, 0.717) is 11.5 Å². The molecule has 15 heavy (non-hydrogen) atoms. The summed E-state index contributed by atoms with van der Waals surface area (Å²) in [5.41, 5.74) is 5.78. The van der Waals surface area contributed by atoms with Gasteiger partial charge in [0.2, 0.25) is 5.91 Å². The highest BCUT2D eigenvalue weighted by atomic mass is 32.1. The first kappa shape index (κ1) is 12.2. The third kappa shape index (κ3) is 4.01. The van der Waals surface area contributed by atoms with Crippen molar-refractivity contribution < 1.29 is 4.79 Å². The summed E-state index contributed by atoms with van der Waals surface area (Å²) in [5.74, 6) is 0.347. The Balaban J connectivity index is 2.35. The van der Waals surface area contributed by atoms with Crippen LogP contribution in [0.2, 0.25) is 0 Å². The molecule has 0 saturated carbocycles. The van der Waals surface area contributed by atoms with E-state index in [9.17, 15) is 4.79 Å². The predicted octanol–water partition coefficient (Wildman–Crippen LogP) is 1.98. The lowest BCUT2D eigenvalue weighted by Crippen LogP contribution is -2.19. The molecule has 0 aliphatic rings. The van der Waals surface area contributed by atoms with Crippen molar-refractivity contribution in [3.63, 3.8) is 0 Å². The van der Waals surface area contributed by atoms with E-state index in [1.54, 1.807) is 11.3 Å². The van der Waals surface area contributed by atoms with Gasteiger partial charge in [-0.1, -0.05) is 20.3 Å². The van der Waals surface area contributed by atoms with Crippen LogP contribution in [0, 0.1) is 5.92 Å². The lowest BCUT2D eigenvalue weighted by atomic mass is 10.1. The van der Waals surface area contributed by atoms with Gasteiger partial charge in [-0.25, -0.2) is 0 Å². The Morgan fingerprint density at radius 3 is 2.93 bits per heavy atom. The average Bonchev–Trinajstić information content (AvgIpc) is 2.66. The Labute approximate surface area is 94.7 Å².